The summed E-state index contributed by atoms with van der Waals surface area (Å²) in [7, 11) is 0. The maximum absolute atomic E-state index is 13.7. The van der Waals surface area contributed by atoms with Crippen LogP contribution in [0, 0.1) is 0 Å². The number of nitrogens with one attached hydrogen (secondary N) is 1. The lowest BCUT2D eigenvalue weighted by Crippen LogP contribution is -2.38. The zero-order chi connectivity index (χ0) is 14.3. The zero-order valence-electron chi connectivity index (χ0n) is 9.88. The maximum atomic E-state index is 13.7. The number of hydrogen-bond donors (Lipinski definition) is 2. The Morgan fingerprint density at radius 3 is 2.58 bits per heavy atom. The number of carboxylic acids is 1. The molecule has 0 radical (unpaired) electrons. The highest BCUT2D eigenvalue weighted by Crippen LogP contribution is 2.31. The molecule has 104 valence electrons. The summed E-state index contributed by atoms with van der Waals surface area (Å²) in [6.45, 7) is 0. The molecule has 1 aromatic carbocycles. The third kappa shape index (κ3) is 4.86. The van der Waals surface area contributed by atoms with Crippen molar-refractivity contribution in [2.75, 3.05) is 11.5 Å². The summed E-state index contributed by atoms with van der Waals surface area (Å²) in [6, 6.07) is 6.15. The van der Waals surface area contributed by atoms with Crippen LogP contribution in [-0.4, -0.2) is 35.0 Å². The number of benzene rings is 1. The Morgan fingerprint density at radius 1 is 1.42 bits per heavy atom. The summed E-state index contributed by atoms with van der Waals surface area (Å²) in [5.74, 6) is -4.93. The molecule has 2 N–H and O–H groups in total. The van der Waals surface area contributed by atoms with Crippen LogP contribution < -0.4 is 5.32 Å². The van der Waals surface area contributed by atoms with Crippen molar-refractivity contribution in [3.05, 3.63) is 35.9 Å². The van der Waals surface area contributed by atoms with E-state index in [0.29, 0.717) is 0 Å². The smallest absolute Gasteiger partial charge is 0.327 e. The van der Waals surface area contributed by atoms with Gasteiger partial charge >= 0.3 is 5.97 Å². The highest BCUT2D eigenvalue weighted by molar-refractivity contribution is 7.99. The first-order chi connectivity index (χ1) is 8.97. The van der Waals surface area contributed by atoms with Crippen LogP contribution in [-0.2, 0) is 15.5 Å². The van der Waals surface area contributed by atoms with E-state index in [-0.39, 0.29) is 17.7 Å². The van der Waals surface area contributed by atoms with E-state index in [1.807, 2.05) is 0 Å². The molecule has 1 aromatic rings. The number of carbonyl (C=O) groups excluding carboxylic acids is 1. The van der Waals surface area contributed by atoms with E-state index in [1.54, 1.807) is 6.07 Å². The van der Waals surface area contributed by atoms with E-state index in [2.05, 4.69) is 5.32 Å². The van der Waals surface area contributed by atoms with Gasteiger partial charge in [-0.05, 0) is 0 Å². The Hall–Kier alpha value is -1.63. The second kappa shape index (κ2) is 7.08. The van der Waals surface area contributed by atoms with Crippen molar-refractivity contribution in [3.63, 3.8) is 0 Å². The number of rotatable bonds is 8. The maximum Gasteiger partial charge on any atom is 0.327 e. The van der Waals surface area contributed by atoms with Crippen molar-refractivity contribution in [3.8, 4) is 0 Å². The lowest BCUT2D eigenvalue weighted by Gasteiger charge is -2.17. The lowest BCUT2D eigenvalue weighted by molar-refractivity contribution is -0.139. The van der Waals surface area contributed by atoms with Gasteiger partial charge in [0.25, 0.3) is 5.92 Å². The summed E-state index contributed by atoms with van der Waals surface area (Å²) < 4.78 is 27.5. The second-order valence-electron chi connectivity index (χ2n) is 3.76. The molecule has 0 aliphatic carbocycles. The van der Waals surface area contributed by atoms with Gasteiger partial charge in [0.2, 0.25) is 6.41 Å². The molecule has 1 unspecified atom stereocenters. The van der Waals surface area contributed by atoms with Crippen LogP contribution in [0.15, 0.2) is 30.3 Å². The molecule has 0 heterocycles. The van der Waals surface area contributed by atoms with Crippen molar-refractivity contribution in [2.24, 2.45) is 0 Å². The Morgan fingerprint density at radius 2 is 2.05 bits per heavy atom. The van der Waals surface area contributed by atoms with Gasteiger partial charge in [-0.15, -0.1) is 0 Å². The van der Waals surface area contributed by atoms with E-state index in [9.17, 15) is 18.4 Å². The van der Waals surface area contributed by atoms with Crippen LogP contribution in [0.3, 0.4) is 0 Å². The number of carboxylic acid groups (broad SMARTS) is 1. The molecule has 0 aliphatic heterocycles. The molecule has 0 saturated carbocycles. The minimum atomic E-state index is -3.03. The number of amides is 1. The molecule has 19 heavy (non-hydrogen) atoms. The predicted octanol–water partition coefficient (Wildman–Crippen LogP) is 1.71. The summed E-state index contributed by atoms with van der Waals surface area (Å²) in [5, 5.41) is 10.8. The SMILES string of the molecule is O=CNC(CSCC(F)(F)c1ccccc1)C(=O)O. The quantitative estimate of drug-likeness (QED) is 0.715. The van der Waals surface area contributed by atoms with Gasteiger partial charge in [-0.3, -0.25) is 4.79 Å². The van der Waals surface area contributed by atoms with Crippen molar-refractivity contribution < 1.29 is 23.5 Å². The molecule has 0 aromatic heterocycles. The number of halogens is 2. The van der Waals surface area contributed by atoms with Gasteiger partial charge in [0.15, 0.2) is 0 Å². The molecule has 0 aliphatic rings. The van der Waals surface area contributed by atoms with Gasteiger partial charge in [0.1, 0.15) is 6.04 Å². The first-order valence-electron chi connectivity index (χ1n) is 5.41. The first-order valence-corrected chi connectivity index (χ1v) is 6.56. The summed E-state index contributed by atoms with van der Waals surface area (Å²) in [6.07, 6.45) is 0.245. The van der Waals surface area contributed by atoms with Gasteiger partial charge in [0, 0.05) is 11.3 Å². The van der Waals surface area contributed by atoms with Crippen molar-refractivity contribution in [1.82, 2.24) is 5.32 Å². The van der Waals surface area contributed by atoms with Crippen molar-refractivity contribution in [2.45, 2.75) is 12.0 Å². The van der Waals surface area contributed by atoms with Crippen molar-refractivity contribution in [1.29, 1.82) is 0 Å². The molecular weight excluding hydrogens is 276 g/mol. The Balaban J connectivity index is 2.51. The van der Waals surface area contributed by atoms with Crippen LogP contribution in [0.5, 0.6) is 0 Å². The number of alkyl halides is 2. The fraction of sp³-hybridized carbons (Fsp3) is 0.333. The molecule has 0 spiro atoms. The van der Waals surface area contributed by atoms with E-state index in [4.69, 9.17) is 5.11 Å². The van der Waals surface area contributed by atoms with Gasteiger partial charge < -0.3 is 10.4 Å². The van der Waals surface area contributed by atoms with Crippen molar-refractivity contribution >= 4 is 24.1 Å². The highest BCUT2D eigenvalue weighted by Gasteiger charge is 2.31. The Labute approximate surface area is 113 Å². The molecule has 0 saturated heterocycles. The summed E-state index contributed by atoms with van der Waals surface area (Å²) in [4.78, 5) is 20.9. The topological polar surface area (TPSA) is 66.4 Å². The Kier molecular flexibility index (Phi) is 5.75. The standard InChI is InChI=1S/C12H13F2NO3S/c13-12(14,9-4-2-1-3-5-9)7-19-6-10(11(17)18)15-8-16/h1-5,8,10H,6-7H2,(H,15,16)(H,17,18). The van der Waals surface area contributed by atoms with E-state index < -0.39 is 23.7 Å². The van der Waals surface area contributed by atoms with Gasteiger partial charge in [-0.2, -0.15) is 11.8 Å². The number of aliphatic carboxylic acids is 1. The number of thioether (sulfide) groups is 1. The molecule has 0 bridgehead atoms. The van der Waals surface area contributed by atoms with E-state index >= 15 is 0 Å². The van der Waals surface area contributed by atoms with Crippen LogP contribution in [0.4, 0.5) is 8.78 Å². The molecule has 0 fully saturated rings. The largest absolute Gasteiger partial charge is 0.480 e. The van der Waals surface area contributed by atoms with Gasteiger partial charge in [-0.1, -0.05) is 30.3 Å². The van der Waals surface area contributed by atoms with E-state index in [1.165, 1.54) is 24.3 Å². The number of carbonyl (C=O) groups is 2. The Bertz CT molecular complexity index is 428. The molecular formula is C12H13F2NO3S. The molecule has 7 heteroatoms. The lowest BCUT2D eigenvalue weighted by atomic mass is 10.1. The van der Waals surface area contributed by atoms with Crippen LogP contribution in [0.2, 0.25) is 0 Å². The average molecular weight is 289 g/mol. The molecule has 1 atom stereocenters. The summed E-state index contributed by atoms with van der Waals surface area (Å²) in [5.41, 5.74) is -0.113. The molecule has 4 nitrogen and oxygen atoms in total. The minimum Gasteiger partial charge on any atom is -0.480 e. The third-order valence-corrected chi connectivity index (χ3v) is 3.47. The first kappa shape index (κ1) is 15.4. The highest BCUT2D eigenvalue weighted by atomic mass is 32.2. The normalized spacial score (nSPS) is 12.7. The zero-order valence-corrected chi connectivity index (χ0v) is 10.7. The minimum absolute atomic E-state index is 0.113. The van der Waals surface area contributed by atoms with Crippen LogP contribution in [0.1, 0.15) is 5.56 Å². The van der Waals surface area contributed by atoms with E-state index in [0.717, 1.165) is 11.8 Å². The predicted molar refractivity (Wildman–Crippen MR) is 68.3 cm³/mol. The fourth-order valence-corrected chi connectivity index (χ4v) is 2.36. The average Bonchev–Trinajstić information content (AvgIpc) is 2.38. The van der Waals surface area contributed by atoms with Crippen LogP contribution in [0.25, 0.3) is 0 Å². The fourth-order valence-electron chi connectivity index (χ4n) is 1.34. The van der Waals surface area contributed by atoms with Gasteiger partial charge in [0.05, 0.1) is 5.75 Å². The summed E-state index contributed by atoms with van der Waals surface area (Å²) >= 11 is 0.779. The number of hydrogen-bond acceptors (Lipinski definition) is 3. The second-order valence-corrected chi connectivity index (χ2v) is 4.79. The monoisotopic (exact) mass is 289 g/mol. The third-order valence-electron chi connectivity index (χ3n) is 2.33. The molecule has 1 rings (SSSR count). The van der Waals surface area contributed by atoms with Crippen LogP contribution >= 0.6 is 11.8 Å². The van der Waals surface area contributed by atoms with Gasteiger partial charge in [-0.25, -0.2) is 13.6 Å². The molecule has 1 amide bonds.